The molecule has 0 saturated heterocycles. The monoisotopic (exact) mass is 192 g/mol. The highest BCUT2D eigenvalue weighted by molar-refractivity contribution is 5.49. The van der Waals surface area contributed by atoms with Crippen molar-refractivity contribution in [3.05, 3.63) is 18.3 Å². The first kappa shape index (κ1) is 9.31. The van der Waals surface area contributed by atoms with Crippen LogP contribution in [0.4, 0.5) is 5.82 Å². The average molecular weight is 192 g/mol. The molecule has 0 amide bonds. The third-order valence-corrected chi connectivity index (χ3v) is 2.53. The van der Waals surface area contributed by atoms with Gasteiger partial charge < -0.3 is 10.1 Å². The summed E-state index contributed by atoms with van der Waals surface area (Å²) in [5, 5.41) is 3.30. The lowest BCUT2D eigenvalue weighted by molar-refractivity contribution is 0.414. The number of hydrogen-bond donors (Lipinski definition) is 1. The van der Waals surface area contributed by atoms with Gasteiger partial charge in [0.15, 0.2) is 11.6 Å². The van der Waals surface area contributed by atoms with Crippen molar-refractivity contribution < 1.29 is 4.74 Å². The minimum atomic E-state index is 0.822. The van der Waals surface area contributed by atoms with Crippen LogP contribution in [0.5, 0.6) is 5.75 Å². The zero-order valence-electron chi connectivity index (χ0n) is 8.49. The van der Waals surface area contributed by atoms with Crippen LogP contribution in [0.3, 0.4) is 0 Å². The van der Waals surface area contributed by atoms with E-state index >= 15 is 0 Å². The van der Waals surface area contributed by atoms with Gasteiger partial charge in [-0.1, -0.05) is 12.8 Å². The molecule has 3 nitrogen and oxygen atoms in total. The maximum atomic E-state index is 5.19. The van der Waals surface area contributed by atoms with Gasteiger partial charge in [0.2, 0.25) is 0 Å². The summed E-state index contributed by atoms with van der Waals surface area (Å²) in [5.74, 6) is 2.64. The summed E-state index contributed by atoms with van der Waals surface area (Å²) in [6.45, 7) is 0.998. The Morgan fingerprint density at radius 1 is 1.57 bits per heavy atom. The number of anilines is 1. The maximum Gasteiger partial charge on any atom is 0.168 e. The van der Waals surface area contributed by atoms with Crippen molar-refractivity contribution >= 4 is 5.82 Å². The van der Waals surface area contributed by atoms with Crippen LogP contribution in [-0.4, -0.2) is 18.6 Å². The average Bonchev–Trinajstić information content (AvgIpc) is 3.03. The molecule has 1 saturated carbocycles. The molecule has 0 spiro atoms. The molecule has 1 aromatic rings. The lowest BCUT2D eigenvalue weighted by Crippen LogP contribution is -2.05. The number of ether oxygens (including phenoxy) is 1. The quantitative estimate of drug-likeness (QED) is 0.777. The second kappa shape index (κ2) is 4.31. The highest BCUT2D eigenvalue weighted by atomic mass is 16.5. The zero-order valence-corrected chi connectivity index (χ0v) is 8.49. The molecule has 1 heterocycles. The summed E-state index contributed by atoms with van der Waals surface area (Å²) in [5.41, 5.74) is 0. The standard InChI is InChI=1S/C11H16N2O/c1-14-10-3-2-7-12-11(10)13-8-6-9-4-5-9/h2-3,7,9H,4-6,8H2,1H3,(H,12,13). The van der Waals surface area contributed by atoms with Gasteiger partial charge in [-0.15, -0.1) is 0 Å². The third-order valence-electron chi connectivity index (χ3n) is 2.53. The lowest BCUT2D eigenvalue weighted by Gasteiger charge is -2.08. The van der Waals surface area contributed by atoms with Gasteiger partial charge in [-0.25, -0.2) is 4.98 Å². The Balaban J connectivity index is 1.86. The van der Waals surface area contributed by atoms with Crippen molar-refractivity contribution in [3.63, 3.8) is 0 Å². The van der Waals surface area contributed by atoms with Crippen molar-refractivity contribution in [2.24, 2.45) is 5.92 Å². The van der Waals surface area contributed by atoms with Crippen LogP contribution < -0.4 is 10.1 Å². The van der Waals surface area contributed by atoms with E-state index in [1.807, 2.05) is 12.1 Å². The summed E-state index contributed by atoms with van der Waals surface area (Å²) >= 11 is 0. The van der Waals surface area contributed by atoms with Gasteiger partial charge in [-0.3, -0.25) is 0 Å². The SMILES string of the molecule is COc1cccnc1NCCC1CC1. The molecule has 0 aromatic carbocycles. The van der Waals surface area contributed by atoms with Crippen molar-refractivity contribution in [2.75, 3.05) is 19.0 Å². The van der Waals surface area contributed by atoms with E-state index in [0.717, 1.165) is 24.0 Å². The minimum Gasteiger partial charge on any atom is -0.493 e. The second-order valence-electron chi connectivity index (χ2n) is 3.71. The molecule has 1 aliphatic carbocycles. The van der Waals surface area contributed by atoms with Crippen molar-refractivity contribution in [1.29, 1.82) is 0 Å². The van der Waals surface area contributed by atoms with E-state index in [-0.39, 0.29) is 0 Å². The molecule has 14 heavy (non-hydrogen) atoms. The summed E-state index contributed by atoms with van der Waals surface area (Å²) in [4.78, 5) is 4.23. The highest BCUT2D eigenvalue weighted by Gasteiger charge is 2.20. The van der Waals surface area contributed by atoms with E-state index in [9.17, 15) is 0 Å². The number of rotatable bonds is 5. The van der Waals surface area contributed by atoms with Gasteiger partial charge in [0.1, 0.15) is 0 Å². The predicted molar refractivity (Wildman–Crippen MR) is 56.6 cm³/mol. The number of hydrogen-bond acceptors (Lipinski definition) is 3. The van der Waals surface area contributed by atoms with E-state index in [4.69, 9.17) is 4.74 Å². The first-order valence-corrected chi connectivity index (χ1v) is 5.13. The fraction of sp³-hybridized carbons (Fsp3) is 0.545. The number of pyridine rings is 1. The number of aromatic nitrogens is 1. The van der Waals surface area contributed by atoms with Crippen LogP contribution in [0.2, 0.25) is 0 Å². The Hall–Kier alpha value is -1.25. The first-order chi connectivity index (χ1) is 6.90. The molecule has 0 radical (unpaired) electrons. The maximum absolute atomic E-state index is 5.19. The van der Waals surface area contributed by atoms with Gasteiger partial charge in [0.05, 0.1) is 7.11 Å². The molecule has 0 atom stereocenters. The zero-order chi connectivity index (χ0) is 9.80. The van der Waals surface area contributed by atoms with Crippen LogP contribution >= 0.6 is 0 Å². The summed E-state index contributed by atoms with van der Waals surface area (Å²) < 4.78 is 5.19. The van der Waals surface area contributed by atoms with E-state index in [2.05, 4.69) is 10.3 Å². The molecule has 2 rings (SSSR count). The van der Waals surface area contributed by atoms with Crippen LogP contribution in [-0.2, 0) is 0 Å². The molecular weight excluding hydrogens is 176 g/mol. The molecule has 1 fully saturated rings. The van der Waals surface area contributed by atoms with Gasteiger partial charge in [0, 0.05) is 12.7 Å². The normalized spacial score (nSPS) is 15.2. The largest absolute Gasteiger partial charge is 0.493 e. The molecule has 0 aliphatic heterocycles. The fourth-order valence-electron chi connectivity index (χ4n) is 1.49. The molecular formula is C11H16N2O. The molecule has 0 unspecified atom stereocenters. The molecule has 1 N–H and O–H groups in total. The Morgan fingerprint density at radius 2 is 2.43 bits per heavy atom. The van der Waals surface area contributed by atoms with E-state index in [1.54, 1.807) is 13.3 Å². The lowest BCUT2D eigenvalue weighted by atomic mass is 10.3. The number of nitrogens with zero attached hydrogens (tertiary/aromatic N) is 1. The predicted octanol–water partition coefficient (Wildman–Crippen LogP) is 2.30. The Bertz CT molecular complexity index is 297. The van der Waals surface area contributed by atoms with E-state index in [0.29, 0.717) is 0 Å². The van der Waals surface area contributed by atoms with E-state index in [1.165, 1.54) is 19.3 Å². The van der Waals surface area contributed by atoms with Gasteiger partial charge in [-0.2, -0.15) is 0 Å². The Kier molecular flexibility index (Phi) is 2.87. The van der Waals surface area contributed by atoms with Crippen molar-refractivity contribution in [3.8, 4) is 5.75 Å². The van der Waals surface area contributed by atoms with Crippen LogP contribution in [0, 0.1) is 5.92 Å². The number of nitrogens with one attached hydrogen (secondary N) is 1. The van der Waals surface area contributed by atoms with Crippen molar-refractivity contribution in [1.82, 2.24) is 4.98 Å². The Labute approximate surface area is 84.5 Å². The second-order valence-corrected chi connectivity index (χ2v) is 3.71. The third kappa shape index (κ3) is 2.37. The van der Waals surface area contributed by atoms with Crippen molar-refractivity contribution in [2.45, 2.75) is 19.3 Å². The van der Waals surface area contributed by atoms with Crippen LogP contribution in [0.25, 0.3) is 0 Å². The molecule has 76 valence electrons. The topological polar surface area (TPSA) is 34.1 Å². The van der Waals surface area contributed by atoms with Gasteiger partial charge in [-0.05, 0) is 24.5 Å². The molecule has 1 aliphatic rings. The van der Waals surface area contributed by atoms with E-state index < -0.39 is 0 Å². The van der Waals surface area contributed by atoms with Crippen LogP contribution in [0.1, 0.15) is 19.3 Å². The smallest absolute Gasteiger partial charge is 0.168 e. The molecule has 3 heteroatoms. The summed E-state index contributed by atoms with van der Waals surface area (Å²) in [6, 6.07) is 3.80. The highest BCUT2D eigenvalue weighted by Crippen LogP contribution is 2.32. The Morgan fingerprint density at radius 3 is 3.14 bits per heavy atom. The minimum absolute atomic E-state index is 0.822. The van der Waals surface area contributed by atoms with Gasteiger partial charge in [0.25, 0.3) is 0 Å². The summed E-state index contributed by atoms with van der Waals surface area (Å²) in [6.07, 6.45) is 5.84. The molecule has 0 bridgehead atoms. The molecule has 1 aromatic heterocycles. The fourth-order valence-corrected chi connectivity index (χ4v) is 1.49. The van der Waals surface area contributed by atoms with Gasteiger partial charge >= 0.3 is 0 Å². The summed E-state index contributed by atoms with van der Waals surface area (Å²) in [7, 11) is 1.67. The number of methoxy groups -OCH3 is 1. The first-order valence-electron chi connectivity index (χ1n) is 5.13. The van der Waals surface area contributed by atoms with Crippen LogP contribution in [0.15, 0.2) is 18.3 Å².